The summed E-state index contributed by atoms with van der Waals surface area (Å²) in [5.41, 5.74) is 0. The van der Waals surface area contributed by atoms with Crippen LogP contribution in [0.3, 0.4) is 0 Å². The van der Waals surface area contributed by atoms with Gasteiger partial charge in [0, 0.05) is 12.8 Å². The quantitative estimate of drug-likeness (QED) is 0.126. The average Bonchev–Trinajstić information content (AvgIpc) is 2.77. The van der Waals surface area contributed by atoms with Gasteiger partial charge in [-0.1, -0.05) is 46.0 Å². The molecule has 0 unspecified atom stereocenters. The van der Waals surface area contributed by atoms with Crippen LogP contribution in [-0.4, -0.2) is 96.0 Å². The molecule has 1 fully saturated rings. The summed E-state index contributed by atoms with van der Waals surface area (Å²) in [5, 5.41) is 30.0. The van der Waals surface area contributed by atoms with Gasteiger partial charge < -0.3 is 34.3 Å². The first kappa shape index (κ1) is 30.7. The largest absolute Gasteiger partial charge is 0.462 e. The molecule has 200 valence electrons. The smallest absolute Gasteiger partial charge is 0.306 e. The van der Waals surface area contributed by atoms with Crippen molar-refractivity contribution in [3.8, 4) is 0 Å². The van der Waals surface area contributed by atoms with Crippen LogP contribution in [0.4, 0.5) is 0 Å². The Morgan fingerprint density at radius 3 is 2.18 bits per heavy atom. The molecule has 0 amide bonds. The number of hydrogen-bond acceptors (Lipinski definition) is 11. The van der Waals surface area contributed by atoms with Crippen molar-refractivity contribution >= 4 is 22.1 Å². The van der Waals surface area contributed by atoms with Crippen LogP contribution >= 0.6 is 0 Å². The molecule has 0 aromatic carbocycles. The van der Waals surface area contributed by atoms with E-state index in [4.69, 9.17) is 23.5 Å². The number of aliphatic hydroxyl groups excluding tert-OH is 3. The van der Waals surface area contributed by atoms with Gasteiger partial charge in [-0.05, 0) is 6.42 Å². The van der Waals surface area contributed by atoms with Gasteiger partial charge in [0.25, 0.3) is 10.1 Å². The number of aliphatic hydroxyl groups is 3. The molecule has 34 heavy (non-hydrogen) atoms. The normalized spacial score (nSPS) is 26.1. The fourth-order valence-electron chi connectivity index (χ4n) is 3.30. The van der Waals surface area contributed by atoms with E-state index in [0.717, 1.165) is 32.1 Å². The highest BCUT2D eigenvalue weighted by molar-refractivity contribution is 7.85. The molecule has 1 saturated heterocycles. The van der Waals surface area contributed by atoms with E-state index >= 15 is 0 Å². The Hall–Kier alpha value is -1.35. The summed E-state index contributed by atoms with van der Waals surface area (Å²) in [7, 11) is -4.57. The maximum Gasteiger partial charge on any atom is 0.306 e. The van der Waals surface area contributed by atoms with Gasteiger partial charge in [0.05, 0.1) is 6.61 Å². The third kappa shape index (κ3) is 11.9. The minimum Gasteiger partial charge on any atom is -0.462 e. The molecule has 1 rings (SSSR count). The molecule has 4 N–H and O–H groups in total. The molecular weight excluding hydrogens is 476 g/mol. The number of ether oxygens (including phenoxy) is 4. The molecule has 1 aliphatic rings. The molecule has 0 bridgehead atoms. The molecule has 1 heterocycles. The van der Waals surface area contributed by atoms with Gasteiger partial charge in [0.2, 0.25) is 0 Å². The van der Waals surface area contributed by atoms with Gasteiger partial charge in [-0.2, -0.15) is 8.42 Å². The summed E-state index contributed by atoms with van der Waals surface area (Å²) in [6.45, 7) is 2.96. The zero-order valence-corrected chi connectivity index (χ0v) is 20.5. The van der Waals surface area contributed by atoms with E-state index in [9.17, 15) is 33.3 Å². The summed E-state index contributed by atoms with van der Waals surface area (Å²) < 4.78 is 52.2. The van der Waals surface area contributed by atoms with E-state index in [1.54, 1.807) is 6.92 Å². The summed E-state index contributed by atoms with van der Waals surface area (Å²) in [4.78, 5) is 23.7. The standard InChI is InChI=1S/C21H38O12S/c1-3-5-6-7-8-9-10-17(23)32-14(11-30-16(22)4-2)12-31-21-20(26)19(25)18(24)15(33-21)13-34(27,28)29/h14-15,18-21,24-26H,3-13H2,1-2H3,(H,27,28,29)/t14-,15-,18-,19+,20-,21-/m1/s1. The summed E-state index contributed by atoms with van der Waals surface area (Å²) in [6, 6.07) is 0. The lowest BCUT2D eigenvalue weighted by atomic mass is 10.00. The molecule has 0 radical (unpaired) electrons. The molecule has 13 heteroatoms. The van der Waals surface area contributed by atoms with E-state index < -0.39 is 71.2 Å². The Balaban J connectivity index is 2.67. The lowest BCUT2D eigenvalue weighted by molar-refractivity contribution is -0.297. The first-order valence-corrected chi connectivity index (χ1v) is 13.2. The Bertz CT molecular complexity index is 713. The lowest BCUT2D eigenvalue weighted by Crippen LogP contribution is -2.60. The van der Waals surface area contributed by atoms with Crippen molar-refractivity contribution in [2.24, 2.45) is 0 Å². The van der Waals surface area contributed by atoms with Crippen molar-refractivity contribution < 1.29 is 56.8 Å². The maximum absolute atomic E-state index is 12.2. The summed E-state index contributed by atoms with van der Waals surface area (Å²) in [6.07, 6.45) is -3.48. The molecular formula is C21H38O12S. The van der Waals surface area contributed by atoms with Crippen molar-refractivity contribution in [1.82, 2.24) is 0 Å². The maximum atomic E-state index is 12.2. The van der Waals surface area contributed by atoms with Crippen LogP contribution in [-0.2, 0) is 38.7 Å². The number of carbonyl (C=O) groups is 2. The first-order chi connectivity index (χ1) is 16.0. The molecule has 12 nitrogen and oxygen atoms in total. The van der Waals surface area contributed by atoms with Gasteiger partial charge in [-0.15, -0.1) is 0 Å². The second kappa shape index (κ2) is 15.6. The van der Waals surface area contributed by atoms with Crippen molar-refractivity contribution in [3.05, 3.63) is 0 Å². The van der Waals surface area contributed by atoms with E-state index in [2.05, 4.69) is 6.92 Å². The van der Waals surface area contributed by atoms with Crippen LogP contribution < -0.4 is 0 Å². The number of carbonyl (C=O) groups excluding carboxylic acids is 2. The van der Waals surface area contributed by atoms with Crippen LogP contribution in [0.15, 0.2) is 0 Å². The highest BCUT2D eigenvalue weighted by Gasteiger charge is 2.45. The van der Waals surface area contributed by atoms with Crippen LogP contribution in [0, 0.1) is 0 Å². The number of unbranched alkanes of at least 4 members (excludes halogenated alkanes) is 5. The Labute approximate surface area is 200 Å². The Morgan fingerprint density at radius 2 is 1.56 bits per heavy atom. The predicted octanol–water partition coefficient (Wildman–Crippen LogP) is 0.314. The third-order valence-corrected chi connectivity index (χ3v) is 5.99. The topological polar surface area (TPSA) is 186 Å². The second-order valence-corrected chi connectivity index (χ2v) is 9.76. The van der Waals surface area contributed by atoms with Crippen molar-refractivity contribution in [3.63, 3.8) is 0 Å². The van der Waals surface area contributed by atoms with E-state index in [0.29, 0.717) is 6.42 Å². The lowest BCUT2D eigenvalue weighted by Gasteiger charge is -2.40. The van der Waals surface area contributed by atoms with Crippen LogP contribution in [0.25, 0.3) is 0 Å². The fourth-order valence-corrected chi connectivity index (χ4v) is 3.99. The summed E-state index contributed by atoms with van der Waals surface area (Å²) >= 11 is 0. The second-order valence-electron chi connectivity index (χ2n) is 8.26. The first-order valence-electron chi connectivity index (χ1n) is 11.6. The number of hydrogen-bond donors (Lipinski definition) is 4. The Kier molecular flexibility index (Phi) is 14.1. The van der Waals surface area contributed by atoms with Crippen LogP contribution in [0.2, 0.25) is 0 Å². The molecule has 0 aliphatic carbocycles. The highest BCUT2D eigenvalue weighted by Crippen LogP contribution is 2.23. The van der Waals surface area contributed by atoms with Gasteiger partial charge in [-0.3, -0.25) is 14.1 Å². The minimum atomic E-state index is -4.57. The molecule has 0 spiro atoms. The van der Waals surface area contributed by atoms with Crippen LogP contribution in [0.1, 0.15) is 65.2 Å². The fraction of sp³-hybridized carbons (Fsp3) is 0.905. The molecule has 1 aliphatic heterocycles. The van der Waals surface area contributed by atoms with Gasteiger partial charge in [-0.25, -0.2) is 0 Å². The van der Waals surface area contributed by atoms with Crippen LogP contribution in [0.5, 0.6) is 0 Å². The zero-order valence-electron chi connectivity index (χ0n) is 19.7. The number of esters is 2. The SMILES string of the molecule is CCCCCCCCC(=O)O[C@H](COC(=O)CC)CO[C@@H]1O[C@H](CS(=O)(=O)O)[C@@H](O)[C@H](O)[C@H]1O. The van der Waals surface area contributed by atoms with Gasteiger partial charge in [0.15, 0.2) is 12.4 Å². The van der Waals surface area contributed by atoms with Crippen molar-refractivity contribution in [2.45, 2.75) is 102 Å². The Morgan fingerprint density at radius 1 is 0.912 bits per heavy atom. The van der Waals surface area contributed by atoms with Crippen molar-refractivity contribution in [2.75, 3.05) is 19.0 Å². The monoisotopic (exact) mass is 514 g/mol. The summed E-state index contributed by atoms with van der Waals surface area (Å²) in [5.74, 6) is -2.10. The number of rotatable bonds is 16. The molecule has 6 atom stereocenters. The highest BCUT2D eigenvalue weighted by atomic mass is 32.2. The molecule has 0 aromatic heterocycles. The van der Waals surface area contributed by atoms with Crippen molar-refractivity contribution in [1.29, 1.82) is 0 Å². The third-order valence-electron chi connectivity index (χ3n) is 5.24. The van der Waals surface area contributed by atoms with E-state index in [1.807, 2.05) is 0 Å². The molecule has 0 saturated carbocycles. The van der Waals surface area contributed by atoms with E-state index in [1.165, 1.54) is 0 Å². The molecule has 0 aromatic rings. The van der Waals surface area contributed by atoms with Gasteiger partial charge >= 0.3 is 11.9 Å². The van der Waals surface area contributed by atoms with E-state index in [-0.39, 0.29) is 19.4 Å². The van der Waals surface area contributed by atoms with Gasteiger partial charge in [0.1, 0.15) is 36.8 Å². The zero-order chi connectivity index (χ0) is 25.7. The predicted molar refractivity (Wildman–Crippen MR) is 118 cm³/mol. The average molecular weight is 515 g/mol. The minimum absolute atomic E-state index is 0.102.